The van der Waals surface area contributed by atoms with Crippen LogP contribution in [0.4, 0.5) is 14.9 Å². The molecular weight excluding hydrogens is 187 g/mol. The summed E-state index contributed by atoms with van der Waals surface area (Å²) in [5.74, 6) is -0.883. The second-order valence-electron chi connectivity index (χ2n) is 2.47. The highest BCUT2D eigenvalue weighted by Crippen LogP contribution is 2.11. The number of amides is 2. The highest BCUT2D eigenvalue weighted by atomic mass is 19.1. The third-order valence-electron chi connectivity index (χ3n) is 1.38. The summed E-state index contributed by atoms with van der Waals surface area (Å²) in [5, 5.41) is 11.5. The number of carbonyl (C=O) groups is 1. The topological polar surface area (TPSA) is 91.0 Å². The van der Waals surface area contributed by atoms with E-state index in [1.165, 1.54) is 18.2 Å². The predicted octanol–water partition coefficient (Wildman–Crippen LogP) is 0.841. The van der Waals surface area contributed by atoms with Gasteiger partial charge in [-0.05, 0) is 12.1 Å². The standard InChI is InChI=1S/C8H9FN4O/c9-5-3-1-2-4-6(5)12-7(10)13-8(11)14/h1-4H,(H5,10,11,12,13,14). The molecule has 0 aliphatic heterocycles. The van der Waals surface area contributed by atoms with Gasteiger partial charge in [-0.3, -0.25) is 10.7 Å². The smallest absolute Gasteiger partial charge is 0.318 e. The third-order valence-corrected chi connectivity index (χ3v) is 1.38. The minimum atomic E-state index is -0.876. The van der Waals surface area contributed by atoms with Gasteiger partial charge in [0.2, 0.25) is 5.96 Å². The molecule has 0 aromatic heterocycles. The fourth-order valence-electron chi connectivity index (χ4n) is 0.852. The molecule has 0 saturated carbocycles. The van der Waals surface area contributed by atoms with Crippen LogP contribution in [0.3, 0.4) is 0 Å². The number of para-hydroxylation sites is 1. The monoisotopic (exact) mass is 196 g/mol. The highest BCUT2D eigenvalue weighted by molar-refractivity contribution is 6.01. The van der Waals surface area contributed by atoms with Crippen LogP contribution >= 0.6 is 0 Å². The molecule has 74 valence electrons. The van der Waals surface area contributed by atoms with Crippen molar-refractivity contribution in [3.63, 3.8) is 0 Å². The van der Waals surface area contributed by atoms with Gasteiger partial charge < -0.3 is 11.1 Å². The van der Waals surface area contributed by atoms with Crippen LogP contribution in [0.1, 0.15) is 0 Å². The molecule has 0 aliphatic rings. The Kier molecular flexibility index (Phi) is 3.01. The normalized spacial score (nSPS) is 9.21. The highest BCUT2D eigenvalue weighted by Gasteiger charge is 2.03. The maximum atomic E-state index is 13.0. The van der Waals surface area contributed by atoms with Crippen molar-refractivity contribution >= 4 is 17.7 Å². The van der Waals surface area contributed by atoms with E-state index in [9.17, 15) is 9.18 Å². The number of halogens is 1. The van der Waals surface area contributed by atoms with Gasteiger partial charge in [0, 0.05) is 0 Å². The Bertz CT molecular complexity index is 366. The molecule has 1 aromatic rings. The van der Waals surface area contributed by atoms with Crippen LogP contribution < -0.4 is 16.4 Å². The Morgan fingerprint density at radius 1 is 1.43 bits per heavy atom. The number of guanidine groups is 1. The quantitative estimate of drug-likeness (QED) is 0.396. The fourth-order valence-corrected chi connectivity index (χ4v) is 0.852. The summed E-state index contributed by atoms with van der Waals surface area (Å²) < 4.78 is 13.0. The SMILES string of the molecule is N=C(NC(N)=O)Nc1ccccc1F. The number of rotatable bonds is 1. The summed E-state index contributed by atoms with van der Waals surface area (Å²) in [5.41, 5.74) is 4.86. The third kappa shape index (κ3) is 2.74. The Hall–Kier alpha value is -2.11. The maximum absolute atomic E-state index is 13.0. The van der Waals surface area contributed by atoms with Crippen molar-refractivity contribution in [3.05, 3.63) is 30.1 Å². The van der Waals surface area contributed by atoms with E-state index in [1.807, 2.05) is 5.32 Å². The van der Waals surface area contributed by atoms with E-state index in [4.69, 9.17) is 11.1 Å². The number of primary amides is 1. The second-order valence-corrected chi connectivity index (χ2v) is 2.47. The lowest BCUT2D eigenvalue weighted by molar-refractivity contribution is 0.253. The number of nitrogens with one attached hydrogen (secondary N) is 3. The number of hydrogen-bond donors (Lipinski definition) is 4. The predicted molar refractivity (Wildman–Crippen MR) is 50.5 cm³/mol. The average Bonchev–Trinajstić information content (AvgIpc) is 2.07. The van der Waals surface area contributed by atoms with E-state index in [2.05, 4.69) is 5.32 Å². The summed E-state index contributed by atoms with van der Waals surface area (Å²) in [4.78, 5) is 10.3. The molecular formula is C8H9FN4O. The molecule has 0 atom stereocenters. The Morgan fingerprint density at radius 2 is 2.07 bits per heavy atom. The maximum Gasteiger partial charge on any atom is 0.318 e. The minimum absolute atomic E-state index is 0.103. The van der Waals surface area contributed by atoms with E-state index < -0.39 is 11.8 Å². The molecule has 0 heterocycles. The molecule has 5 nitrogen and oxygen atoms in total. The van der Waals surface area contributed by atoms with Crippen LogP contribution in [-0.4, -0.2) is 12.0 Å². The molecule has 2 amide bonds. The molecule has 0 spiro atoms. The van der Waals surface area contributed by atoms with Crippen molar-refractivity contribution in [1.29, 1.82) is 5.41 Å². The van der Waals surface area contributed by atoms with Crippen molar-refractivity contribution in [2.24, 2.45) is 5.73 Å². The average molecular weight is 196 g/mol. The zero-order valence-corrected chi connectivity index (χ0v) is 7.17. The van der Waals surface area contributed by atoms with Gasteiger partial charge in [0.1, 0.15) is 5.82 Å². The first-order chi connectivity index (χ1) is 6.59. The van der Waals surface area contributed by atoms with Crippen molar-refractivity contribution in [1.82, 2.24) is 5.32 Å². The van der Waals surface area contributed by atoms with E-state index in [0.29, 0.717) is 0 Å². The molecule has 6 heteroatoms. The lowest BCUT2D eigenvalue weighted by Crippen LogP contribution is -2.38. The summed E-state index contributed by atoms with van der Waals surface area (Å²) >= 11 is 0. The minimum Gasteiger partial charge on any atom is -0.351 e. The van der Waals surface area contributed by atoms with Crippen molar-refractivity contribution in [2.45, 2.75) is 0 Å². The van der Waals surface area contributed by atoms with E-state index in [-0.39, 0.29) is 11.6 Å². The Morgan fingerprint density at radius 3 is 2.64 bits per heavy atom. The van der Waals surface area contributed by atoms with Gasteiger partial charge in [-0.15, -0.1) is 0 Å². The summed E-state index contributed by atoms with van der Waals surface area (Å²) in [7, 11) is 0. The van der Waals surface area contributed by atoms with Gasteiger partial charge in [0.15, 0.2) is 0 Å². The number of hydrogen-bond acceptors (Lipinski definition) is 2. The molecule has 1 aromatic carbocycles. The number of anilines is 1. The van der Waals surface area contributed by atoms with Gasteiger partial charge in [0.25, 0.3) is 0 Å². The molecule has 0 radical (unpaired) electrons. The molecule has 14 heavy (non-hydrogen) atoms. The summed E-state index contributed by atoms with van der Waals surface area (Å²) in [6, 6.07) is 4.92. The first-order valence-corrected chi connectivity index (χ1v) is 3.76. The second kappa shape index (κ2) is 4.22. The summed E-state index contributed by atoms with van der Waals surface area (Å²) in [6.07, 6.45) is 0. The first-order valence-electron chi connectivity index (χ1n) is 3.76. The molecule has 1 rings (SSSR count). The van der Waals surface area contributed by atoms with E-state index in [1.54, 1.807) is 6.07 Å². The largest absolute Gasteiger partial charge is 0.351 e. The molecule has 5 N–H and O–H groups in total. The molecule has 0 fully saturated rings. The zero-order chi connectivity index (χ0) is 10.6. The fraction of sp³-hybridized carbons (Fsp3) is 0. The lowest BCUT2D eigenvalue weighted by Gasteiger charge is -2.07. The van der Waals surface area contributed by atoms with Gasteiger partial charge in [0.05, 0.1) is 5.69 Å². The number of urea groups is 1. The number of benzene rings is 1. The molecule has 0 unspecified atom stereocenters. The molecule has 0 bridgehead atoms. The van der Waals surface area contributed by atoms with E-state index >= 15 is 0 Å². The van der Waals surface area contributed by atoms with Gasteiger partial charge >= 0.3 is 6.03 Å². The van der Waals surface area contributed by atoms with Crippen LogP contribution in [0, 0.1) is 11.2 Å². The van der Waals surface area contributed by atoms with Crippen LogP contribution in [0.2, 0.25) is 0 Å². The number of carbonyl (C=O) groups excluding carboxylic acids is 1. The molecule has 0 saturated heterocycles. The lowest BCUT2D eigenvalue weighted by atomic mass is 10.3. The van der Waals surface area contributed by atoms with Crippen LogP contribution in [0.5, 0.6) is 0 Å². The van der Waals surface area contributed by atoms with Gasteiger partial charge in [-0.25, -0.2) is 9.18 Å². The van der Waals surface area contributed by atoms with E-state index in [0.717, 1.165) is 0 Å². The van der Waals surface area contributed by atoms with Crippen LogP contribution in [0.25, 0.3) is 0 Å². The Labute approximate surface area is 79.6 Å². The van der Waals surface area contributed by atoms with Crippen molar-refractivity contribution in [2.75, 3.05) is 5.32 Å². The number of nitrogens with two attached hydrogens (primary N) is 1. The van der Waals surface area contributed by atoms with Crippen molar-refractivity contribution in [3.8, 4) is 0 Å². The van der Waals surface area contributed by atoms with Crippen molar-refractivity contribution < 1.29 is 9.18 Å². The first kappa shape index (κ1) is 9.97. The zero-order valence-electron chi connectivity index (χ0n) is 7.17. The Balaban J connectivity index is 2.65. The van der Waals surface area contributed by atoms with Gasteiger partial charge in [-0.2, -0.15) is 0 Å². The van der Waals surface area contributed by atoms with Crippen LogP contribution in [0.15, 0.2) is 24.3 Å². The van der Waals surface area contributed by atoms with Gasteiger partial charge in [-0.1, -0.05) is 12.1 Å². The summed E-state index contributed by atoms with van der Waals surface area (Å²) in [6.45, 7) is 0. The molecule has 0 aliphatic carbocycles. The van der Waals surface area contributed by atoms with Crippen LogP contribution in [-0.2, 0) is 0 Å².